The van der Waals surface area contributed by atoms with Gasteiger partial charge in [-0.3, -0.25) is 9.97 Å². The number of pyridine rings is 2. The van der Waals surface area contributed by atoms with Crippen molar-refractivity contribution in [2.45, 2.75) is 12.0 Å². The van der Waals surface area contributed by atoms with Crippen LogP contribution in [-0.2, 0) is 0 Å². The zero-order valence-corrected chi connectivity index (χ0v) is 15.0. The lowest BCUT2D eigenvalue weighted by Crippen LogP contribution is -2.14. The normalized spacial score (nSPS) is 13.3. The van der Waals surface area contributed by atoms with Crippen LogP contribution >= 0.6 is 11.6 Å². The third kappa shape index (κ3) is 3.60. The first-order chi connectivity index (χ1) is 13.2. The maximum atomic E-state index is 11.3. The average molecular weight is 378 g/mol. The lowest BCUT2D eigenvalue weighted by Gasteiger charge is -2.22. The Labute approximate surface area is 161 Å². The number of aliphatic hydroxyl groups is 1. The largest absolute Gasteiger partial charge is 0.448 e. The van der Waals surface area contributed by atoms with Gasteiger partial charge in [-0.15, -0.1) is 0 Å². The molecule has 3 heterocycles. The van der Waals surface area contributed by atoms with Crippen LogP contribution in [0.4, 0.5) is 0 Å². The fourth-order valence-electron chi connectivity index (χ4n) is 3.12. The summed E-state index contributed by atoms with van der Waals surface area (Å²) in [6.45, 7) is 0. The SMILES string of the molecule is OC(c1cccnc1-c1cccc(Cl)c1)C(c1cccnc1)c1ncco1. The number of benzene rings is 1. The van der Waals surface area contributed by atoms with Gasteiger partial charge in [-0.2, -0.15) is 0 Å². The second-order valence-electron chi connectivity index (χ2n) is 6.03. The first kappa shape index (κ1) is 17.4. The summed E-state index contributed by atoms with van der Waals surface area (Å²) in [5, 5.41) is 11.9. The maximum absolute atomic E-state index is 11.3. The number of halogens is 1. The first-order valence-corrected chi connectivity index (χ1v) is 8.80. The molecular formula is C21H16ClN3O2. The Morgan fingerprint density at radius 2 is 1.85 bits per heavy atom. The molecule has 0 amide bonds. The van der Waals surface area contributed by atoms with Crippen molar-refractivity contribution in [1.82, 2.24) is 15.0 Å². The summed E-state index contributed by atoms with van der Waals surface area (Å²) in [5.41, 5.74) is 2.95. The van der Waals surface area contributed by atoms with E-state index in [1.54, 1.807) is 36.9 Å². The molecule has 5 nitrogen and oxygen atoms in total. The summed E-state index contributed by atoms with van der Waals surface area (Å²) in [6, 6.07) is 14.7. The van der Waals surface area contributed by atoms with Gasteiger partial charge in [0.25, 0.3) is 0 Å². The van der Waals surface area contributed by atoms with E-state index in [0.717, 1.165) is 11.1 Å². The van der Waals surface area contributed by atoms with Crippen LogP contribution in [0.25, 0.3) is 11.3 Å². The molecule has 6 heteroatoms. The molecule has 0 aliphatic heterocycles. The molecule has 0 radical (unpaired) electrons. The van der Waals surface area contributed by atoms with Gasteiger partial charge >= 0.3 is 0 Å². The molecule has 0 aliphatic rings. The summed E-state index contributed by atoms with van der Waals surface area (Å²) in [7, 11) is 0. The molecule has 134 valence electrons. The Morgan fingerprint density at radius 3 is 2.59 bits per heavy atom. The lowest BCUT2D eigenvalue weighted by atomic mass is 9.88. The predicted molar refractivity (Wildman–Crippen MR) is 102 cm³/mol. The Balaban J connectivity index is 1.82. The monoisotopic (exact) mass is 377 g/mol. The van der Waals surface area contributed by atoms with E-state index in [1.807, 2.05) is 36.4 Å². The van der Waals surface area contributed by atoms with Gasteiger partial charge in [0.1, 0.15) is 6.26 Å². The second-order valence-corrected chi connectivity index (χ2v) is 6.47. The second kappa shape index (κ2) is 7.70. The third-order valence-electron chi connectivity index (χ3n) is 4.33. The lowest BCUT2D eigenvalue weighted by molar-refractivity contribution is 0.147. The molecule has 0 fully saturated rings. The number of hydrogen-bond donors (Lipinski definition) is 1. The maximum Gasteiger partial charge on any atom is 0.204 e. The zero-order chi connectivity index (χ0) is 18.6. The van der Waals surface area contributed by atoms with Crippen LogP contribution in [0.1, 0.15) is 29.0 Å². The number of aromatic nitrogens is 3. The molecule has 0 saturated carbocycles. The molecule has 1 N–H and O–H groups in total. The average Bonchev–Trinajstić information content (AvgIpc) is 3.23. The van der Waals surface area contributed by atoms with Crippen LogP contribution in [0.3, 0.4) is 0 Å². The smallest absolute Gasteiger partial charge is 0.204 e. The summed E-state index contributed by atoms with van der Waals surface area (Å²) < 4.78 is 5.52. The van der Waals surface area contributed by atoms with Crippen molar-refractivity contribution in [3.63, 3.8) is 0 Å². The molecule has 0 spiro atoms. The minimum absolute atomic E-state index is 0.413. The Hall–Kier alpha value is -3.02. The van der Waals surface area contributed by atoms with Crippen molar-refractivity contribution in [3.05, 3.63) is 102 Å². The number of nitrogens with zero attached hydrogens (tertiary/aromatic N) is 3. The van der Waals surface area contributed by atoms with Gasteiger partial charge in [-0.25, -0.2) is 4.98 Å². The Kier molecular flexibility index (Phi) is 4.96. The minimum atomic E-state index is -0.935. The van der Waals surface area contributed by atoms with Gasteiger partial charge in [-0.1, -0.05) is 35.9 Å². The molecule has 0 aliphatic carbocycles. The number of rotatable bonds is 5. The molecule has 4 aromatic rings. The quantitative estimate of drug-likeness (QED) is 0.548. The Morgan fingerprint density at radius 1 is 0.963 bits per heavy atom. The highest BCUT2D eigenvalue weighted by atomic mass is 35.5. The molecule has 3 aromatic heterocycles. The summed E-state index contributed by atoms with van der Waals surface area (Å²) in [4.78, 5) is 12.9. The van der Waals surface area contributed by atoms with Crippen LogP contribution in [0.5, 0.6) is 0 Å². The Bertz CT molecular complexity index is 1020. The van der Waals surface area contributed by atoms with E-state index in [4.69, 9.17) is 16.0 Å². The van der Waals surface area contributed by atoms with E-state index in [9.17, 15) is 5.11 Å². The molecular weight excluding hydrogens is 362 g/mol. The van der Waals surface area contributed by atoms with Crippen LogP contribution in [0.15, 0.2) is 84.0 Å². The fraction of sp³-hybridized carbons (Fsp3) is 0.0952. The zero-order valence-electron chi connectivity index (χ0n) is 14.2. The van der Waals surface area contributed by atoms with Gasteiger partial charge in [0.15, 0.2) is 0 Å². The van der Waals surface area contributed by atoms with E-state index in [2.05, 4.69) is 15.0 Å². The van der Waals surface area contributed by atoms with Gasteiger partial charge in [0, 0.05) is 34.7 Å². The number of hydrogen-bond acceptors (Lipinski definition) is 5. The van der Waals surface area contributed by atoms with E-state index < -0.39 is 12.0 Å². The van der Waals surface area contributed by atoms with E-state index >= 15 is 0 Å². The van der Waals surface area contributed by atoms with E-state index in [1.165, 1.54) is 6.26 Å². The van der Waals surface area contributed by atoms with Gasteiger partial charge in [0.05, 0.1) is 23.9 Å². The molecule has 1 aromatic carbocycles. The van der Waals surface area contributed by atoms with E-state index in [0.29, 0.717) is 22.2 Å². The van der Waals surface area contributed by atoms with Crippen molar-refractivity contribution in [1.29, 1.82) is 0 Å². The molecule has 2 unspecified atom stereocenters. The fourth-order valence-corrected chi connectivity index (χ4v) is 3.31. The van der Waals surface area contributed by atoms with Crippen LogP contribution in [0.2, 0.25) is 5.02 Å². The van der Waals surface area contributed by atoms with Crippen molar-refractivity contribution < 1.29 is 9.52 Å². The van der Waals surface area contributed by atoms with Crippen LogP contribution in [-0.4, -0.2) is 20.1 Å². The summed E-state index contributed by atoms with van der Waals surface area (Å²) in [5.74, 6) is -0.104. The van der Waals surface area contributed by atoms with Crippen molar-refractivity contribution in [3.8, 4) is 11.3 Å². The highest BCUT2D eigenvalue weighted by Gasteiger charge is 2.30. The third-order valence-corrected chi connectivity index (χ3v) is 4.57. The van der Waals surface area contributed by atoms with E-state index in [-0.39, 0.29) is 0 Å². The molecule has 0 bridgehead atoms. The molecule has 27 heavy (non-hydrogen) atoms. The highest BCUT2D eigenvalue weighted by molar-refractivity contribution is 6.30. The van der Waals surface area contributed by atoms with Crippen molar-refractivity contribution in [2.75, 3.05) is 0 Å². The van der Waals surface area contributed by atoms with Gasteiger partial charge < -0.3 is 9.52 Å². The summed E-state index contributed by atoms with van der Waals surface area (Å²) >= 11 is 6.14. The number of aliphatic hydroxyl groups excluding tert-OH is 1. The molecule has 2 atom stereocenters. The molecule has 0 saturated heterocycles. The topological polar surface area (TPSA) is 72.0 Å². The number of oxazole rings is 1. The van der Waals surface area contributed by atoms with Crippen LogP contribution in [0, 0.1) is 0 Å². The van der Waals surface area contributed by atoms with Crippen molar-refractivity contribution in [2.24, 2.45) is 0 Å². The van der Waals surface area contributed by atoms with Crippen LogP contribution < -0.4 is 0 Å². The summed E-state index contributed by atoms with van der Waals surface area (Å²) in [6.07, 6.45) is 7.20. The standard InChI is InChI=1S/C21H16ClN3O2/c22-16-6-1-4-14(12-16)19-17(7-3-9-24-19)20(26)18(21-25-10-11-27-21)15-5-2-8-23-13-15/h1-13,18,20,26H. The molecule has 4 rings (SSSR count). The van der Waals surface area contributed by atoms with Gasteiger partial charge in [-0.05, 0) is 29.8 Å². The van der Waals surface area contributed by atoms with Crippen molar-refractivity contribution >= 4 is 11.6 Å². The first-order valence-electron chi connectivity index (χ1n) is 8.42. The van der Waals surface area contributed by atoms with Gasteiger partial charge in [0.2, 0.25) is 5.89 Å². The predicted octanol–water partition coefficient (Wildman–Crippen LogP) is 4.65. The highest BCUT2D eigenvalue weighted by Crippen LogP contribution is 2.39. The minimum Gasteiger partial charge on any atom is -0.448 e.